The lowest BCUT2D eigenvalue weighted by molar-refractivity contribution is 0.0929. The van der Waals surface area contributed by atoms with E-state index in [0.717, 1.165) is 30.2 Å². The van der Waals surface area contributed by atoms with Crippen molar-refractivity contribution in [2.24, 2.45) is 5.92 Å². The van der Waals surface area contributed by atoms with Crippen LogP contribution in [0, 0.1) is 17.2 Å². The van der Waals surface area contributed by atoms with Gasteiger partial charge in [-0.05, 0) is 37.0 Å². The lowest BCUT2D eigenvalue weighted by Gasteiger charge is -2.26. The fourth-order valence-corrected chi connectivity index (χ4v) is 2.98. The van der Waals surface area contributed by atoms with Gasteiger partial charge in [0.1, 0.15) is 6.04 Å². The van der Waals surface area contributed by atoms with Crippen molar-refractivity contribution in [3.05, 3.63) is 34.3 Å². The molecule has 1 aromatic carbocycles. The second kappa shape index (κ2) is 6.72. The molecule has 0 heterocycles. The molecular weight excluding hydrogens is 304 g/mol. The average Bonchev–Trinajstić information content (AvgIpc) is 2.45. The van der Waals surface area contributed by atoms with E-state index in [1.54, 1.807) is 12.1 Å². The van der Waals surface area contributed by atoms with Gasteiger partial charge < -0.3 is 5.32 Å². The van der Waals surface area contributed by atoms with Crippen LogP contribution in [0.2, 0.25) is 0 Å². The first kappa shape index (κ1) is 14.1. The van der Waals surface area contributed by atoms with Gasteiger partial charge in [-0.2, -0.15) is 5.26 Å². The normalized spacial score (nSPS) is 17.5. The predicted molar refractivity (Wildman–Crippen MR) is 77.6 cm³/mol. The van der Waals surface area contributed by atoms with Crippen LogP contribution in [0.15, 0.2) is 28.7 Å². The number of carbonyl (C=O) groups excluding carboxylic acids is 1. The largest absolute Gasteiger partial charge is 0.336 e. The average molecular weight is 321 g/mol. The van der Waals surface area contributed by atoms with Gasteiger partial charge in [0.15, 0.2) is 0 Å². The van der Waals surface area contributed by atoms with Crippen molar-refractivity contribution in [3.8, 4) is 6.07 Å². The quantitative estimate of drug-likeness (QED) is 0.924. The van der Waals surface area contributed by atoms with E-state index in [9.17, 15) is 10.1 Å². The first-order valence-electron chi connectivity index (χ1n) is 6.67. The van der Waals surface area contributed by atoms with E-state index in [1.165, 1.54) is 6.42 Å². The number of hydrogen-bond acceptors (Lipinski definition) is 2. The minimum atomic E-state index is -0.369. The summed E-state index contributed by atoms with van der Waals surface area (Å²) >= 11 is 3.35. The highest BCUT2D eigenvalue weighted by Crippen LogP contribution is 2.26. The molecule has 19 heavy (non-hydrogen) atoms. The van der Waals surface area contributed by atoms with Gasteiger partial charge >= 0.3 is 0 Å². The smallest absolute Gasteiger partial charge is 0.252 e. The Hall–Kier alpha value is -1.34. The summed E-state index contributed by atoms with van der Waals surface area (Å²) in [6, 6.07) is 9.10. The van der Waals surface area contributed by atoms with Crippen molar-refractivity contribution in [2.75, 3.05) is 0 Å². The van der Waals surface area contributed by atoms with Crippen LogP contribution in [0.4, 0.5) is 0 Å². The van der Waals surface area contributed by atoms with E-state index in [-0.39, 0.29) is 11.9 Å². The van der Waals surface area contributed by atoms with Crippen LogP contribution >= 0.6 is 15.9 Å². The van der Waals surface area contributed by atoms with Crippen LogP contribution < -0.4 is 5.32 Å². The molecule has 1 fully saturated rings. The van der Waals surface area contributed by atoms with Crippen molar-refractivity contribution < 1.29 is 4.79 Å². The van der Waals surface area contributed by atoms with Crippen molar-refractivity contribution in [3.63, 3.8) is 0 Å². The number of halogens is 1. The Morgan fingerprint density at radius 1 is 1.37 bits per heavy atom. The molecule has 3 nitrogen and oxygen atoms in total. The zero-order valence-corrected chi connectivity index (χ0v) is 12.3. The Morgan fingerprint density at radius 3 is 2.74 bits per heavy atom. The van der Waals surface area contributed by atoms with Gasteiger partial charge in [-0.3, -0.25) is 4.79 Å². The molecule has 1 saturated carbocycles. The highest BCUT2D eigenvalue weighted by molar-refractivity contribution is 9.10. The third-order valence-corrected chi connectivity index (χ3v) is 4.13. The number of nitriles is 1. The third kappa shape index (κ3) is 3.81. The van der Waals surface area contributed by atoms with Crippen LogP contribution in [-0.2, 0) is 0 Å². The number of rotatable bonds is 3. The molecule has 1 unspecified atom stereocenters. The molecule has 0 radical (unpaired) electrons. The minimum Gasteiger partial charge on any atom is -0.336 e. The third-order valence-electron chi connectivity index (χ3n) is 3.63. The van der Waals surface area contributed by atoms with Gasteiger partial charge in [-0.1, -0.05) is 41.3 Å². The molecule has 1 atom stereocenters. The Bertz CT molecular complexity index is 489. The molecule has 0 spiro atoms. The molecule has 1 aliphatic rings. The van der Waals surface area contributed by atoms with E-state index >= 15 is 0 Å². The Morgan fingerprint density at radius 2 is 2.11 bits per heavy atom. The zero-order chi connectivity index (χ0) is 13.7. The van der Waals surface area contributed by atoms with Gasteiger partial charge in [-0.15, -0.1) is 0 Å². The standard InChI is InChI=1S/C15H17BrN2O/c16-13-8-4-7-12(9-13)15(19)18-14(10-17)11-5-2-1-3-6-11/h4,7-9,11,14H,1-3,5-6H2,(H,18,19). The summed E-state index contributed by atoms with van der Waals surface area (Å²) in [5.41, 5.74) is 0.588. The number of benzene rings is 1. The van der Waals surface area contributed by atoms with Crippen molar-refractivity contribution >= 4 is 21.8 Å². The second-order valence-corrected chi connectivity index (χ2v) is 5.90. The maximum absolute atomic E-state index is 12.1. The van der Waals surface area contributed by atoms with Gasteiger partial charge in [0.05, 0.1) is 6.07 Å². The molecule has 0 aromatic heterocycles. The Balaban J connectivity index is 2.02. The maximum atomic E-state index is 12.1. The predicted octanol–water partition coefficient (Wildman–Crippen LogP) is 3.65. The number of carbonyl (C=O) groups is 1. The summed E-state index contributed by atoms with van der Waals surface area (Å²) in [6.45, 7) is 0. The molecule has 1 amide bonds. The van der Waals surface area contributed by atoms with E-state index in [4.69, 9.17) is 0 Å². The minimum absolute atomic E-state index is 0.168. The molecule has 4 heteroatoms. The number of hydrogen-bond donors (Lipinski definition) is 1. The molecule has 2 rings (SSSR count). The van der Waals surface area contributed by atoms with Crippen LogP contribution in [-0.4, -0.2) is 11.9 Å². The number of amides is 1. The van der Waals surface area contributed by atoms with E-state index in [2.05, 4.69) is 27.3 Å². The zero-order valence-electron chi connectivity index (χ0n) is 10.7. The molecular formula is C15H17BrN2O. The van der Waals surface area contributed by atoms with Crippen LogP contribution in [0.1, 0.15) is 42.5 Å². The first-order valence-corrected chi connectivity index (χ1v) is 7.46. The van der Waals surface area contributed by atoms with E-state index in [1.807, 2.05) is 12.1 Å². The summed E-state index contributed by atoms with van der Waals surface area (Å²) in [7, 11) is 0. The van der Waals surface area contributed by atoms with Gasteiger partial charge in [0, 0.05) is 10.0 Å². The van der Waals surface area contributed by atoms with Crippen LogP contribution in [0.3, 0.4) is 0 Å². The van der Waals surface area contributed by atoms with Crippen molar-refractivity contribution in [2.45, 2.75) is 38.1 Å². The summed E-state index contributed by atoms with van der Waals surface area (Å²) in [4.78, 5) is 12.1. The van der Waals surface area contributed by atoms with Gasteiger partial charge in [0.2, 0.25) is 0 Å². The highest BCUT2D eigenvalue weighted by Gasteiger charge is 2.25. The molecule has 0 bridgehead atoms. The fourth-order valence-electron chi connectivity index (χ4n) is 2.58. The molecule has 1 aromatic rings. The lowest BCUT2D eigenvalue weighted by atomic mass is 9.84. The molecule has 1 aliphatic carbocycles. The van der Waals surface area contributed by atoms with E-state index < -0.39 is 0 Å². The first-order chi connectivity index (χ1) is 9.20. The van der Waals surface area contributed by atoms with Crippen molar-refractivity contribution in [1.82, 2.24) is 5.32 Å². The molecule has 100 valence electrons. The summed E-state index contributed by atoms with van der Waals surface area (Å²) in [6.07, 6.45) is 5.65. The van der Waals surface area contributed by atoms with Gasteiger partial charge in [0.25, 0.3) is 5.91 Å². The fraction of sp³-hybridized carbons (Fsp3) is 0.467. The number of nitrogens with one attached hydrogen (secondary N) is 1. The molecule has 0 saturated heterocycles. The second-order valence-electron chi connectivity index (χ2n) is 4.99. The summed E-state index contributed by atoms with van der Waals surface area (Å²) in [5, 5.41) is 12.1. The molecule has 1 N–H and O–H groups in total. The van der Waals surface area contributed by atoms with Crippen LogP contribution in [0.25, 0.3) is 0 Å². The highest BCUT2D eigenvalue weighted by atomic mass is 79.9. The SMILES string of the molecule is N#CC(NC(=O)c1cccc(Br)c1)C1CCCCC1. The Kier molecular flexibility index (Phi) is 4.98. The van der Waals surface area contributed by atoms with E-state index in [0.29, 0.717) is 11.5 Å². The van der Waals surface area contributed by atoms with Gasteiger partial charge in [-0.25, -0.2) is 0 Å². The maximum Gasteiger partial charge on any atom is 0.252 e. The lowest BCUT2D eigenvalue weighted by Crippen LogP contribution is -2.40. The number of nitrogens with zero attached hydrogens (tertiary/aromatic N) is 1. The monoisotopic (exact) mass is 320 g/mol. The Labute approximate surface area is 122 Å². The summed E-state index contributed by atoms with van der Waals surface area (Å²) in [5.74, 6) is 0.133. The topological polar surface area (TPSA) is 52.9 Å². The van der Waals surface area contributed by atoms with Crippen molar-refractivity contribution in [1.29, 1.82) is 5.26 Å². The summed E-state index contributed by atoms with van der Waals surface area (Å²) < 4.78 is 0.867. The molecule has 0 aliphatic heterocycles. The van der Waals surface area contributed by atoms with Crippen LogP contribution in [0.5, 0.6) is 0 Å².